The van der Waals surface area contributed by atoms with Gasteiger partial charge in [0.15, 0.2) is 0 Å². The van der Waals surface area contributed by atoms with E-state index in [0.717, 1.165) is 0 Å². The van der Waals surface area contributed by atoms with Crippen molar-refractivity contribution in [3.63, 3.8) is 0 Å². The fourth-order valence-electron chi connectivity index (χ4n) is 3.43. The first-order chi connectivity index (χ1) is 13.6. The molecule has 1 aliphatic rings. The first-order valence-electron chi connectivity index (χ1n) is 8.98. The number of nitrogens with zero attached hydrogens (tertiary/aromatic N) is 2. The Morgan fingerprint density at radius 3 is 2.68 bits per heavy atom. The zero-order valence-corrected chi connectivity index (χ0v) is 15.0. The van der Waals surface area contributed by atoms with Crippen molar-refractivity contribution in [1.29, 1.82) is 0 Å². The normalized spacial score (nSPS) is 15.4. The van der Waals surface area contributed by atoms with Crippen LogP contribution in [0.2, 0.25) is 0 Å². The summed E-state index contributed by atoms with van der Waals surface area (Å²) in [7, 11) is 0. The van der Waals surface area contributed by atoms with E-state index in [1.807, 2.05) is 30.3 Å². The number of anilines is 1. The number of benzene rings is 2. The minimum Gasteiger partial charge on any atom is -0.352 e. The molecular formula is C22H18FN3O2. The van der Waals surface area contributed by atoms with E-state index in [2.05, 4.69) is 10.3 Å². The van der Waals surface area contributed by atoms with Gasteiger partial charge in [-0.2, -0.15) is 0 Å². The van der Waals surface area contributed by atoms with E-state index in [0.29, 0.717) is 22.5 Å². The highest BCUT2D eigenvalue weighted by molar-refractivity contribution is 6.11. The van der Waals surface area contributed by atoms with Crippen LogP contribution in [0.25, 0.3) is 0 Å². The fraction of sp³-hybridized carbons (Fsp3) is 0.136. The van der Waals surface area contributed by atoms with Crippen molar-refractivity contribution in [2.24, 2.45) is 0 Å². The average Bonchev–Trinajstić information content (AvgIpc) is 2.99. The fourth-order valence-corrected chi connectivity index (χ4v) is 3.43. The van der Waals surface area contributed by atoms with Crippen LogP contribution in [0.5, 0.6) is 0 Å². The first-order valence-corrected chi connectivity index (χ1v) is 8.98. The largest absolute Gasteiger partial charge is 0.352 e. The van der Waals surface area contributed by atoms with Gasteiger partial charge < -0.3 is 5.32 Å². The molecule has 2 heterocycles. The maximum absolute atomic E-state index is 13.3. The number of carbonyl (C=O) groups excluding carboxylic acids is 2. The third-order valence-electron chi connectivity index (χ3n) is 4.71. The van der Waals surface area contributed by atoms with Gasteiger partial charge in [0.2, 0.25) is 5.91 Å². The highest BCUT2D eigenvalue weighted by Crippen LogP contribution is 2.38. The molecule has 0 spiro atoms. The lowest BCUT2D eigenvalue weighted by molar-refractivity contribution is -0.121. The number of para-hydroxylation sites is 1. The summed E-state index contributed by atoms with van der Waals surface area (Å²) < 4.78 is 13.3. The van der Waals surface area contributed by atoms with Gasteiger partial charge >= 0.3 is 0 Å². The van der Waals surface area contributed by atoms with E-state index in [4.69, 9.17) is 0 Å². The zero-order valence-electron chi connectivity index (χ0n) is 15.0. The van der Waals surface area contributed by atoms with Crippen molar-refractivity contribution in [3.8, 4) is 0 Å². The maximum atomic E-state index is 13.3. The molecule has 1 atom stereocenters. The van der Waals surface area contributed by atoms with Gasteiger partial charge in [-0.25, -0.2) is 4.39 Å². The van der Waals surface area contributed by atoms with Crippen LogP contribution in [0.1, 0.15) is 34.1 Å². The Labute approximate surface area is 161 Å². The molecular weight excluding hydrogens is 357 g/mol. The second-order valence-corrected chi connectivity index (χ2v) is 6.57. The monoisotopic (exact) mass is 375 g/mol. The lowest BCUT2D eigenvalue weighted by Crippen LogP contribution is -2.32. The number of hydrogen-bond donors (Lipinski definition) is 1. The summed E-state index contributed by atoms with van der Waals surface area (Å²) in [5.74, 6) is -0.750. The Hall–Kier alpha value is -3.54. The van der Waals surface area contributed by atoms with Gasteiger partial charge in [-0.3, -0.25) is 19.5 Å². The van der Waals surface area contributed by atoms with Crippen LogP contribution < -0.4 is 10.2 Å². The molecule has 0 saturated carbocycles. The number of amides is 2. The number of hydrogen-bond acceptors (Lipinski definition) is 3. The third kappa shape index (κ3) is 3.49. The molecule has 0 aliphatic carbocycles. The summed E-state index contributed by atoms with van der Waals surface area (Å²) in [6.07, 6.45) is 1.69. The van der Waals surface area contributed by atoms with Crippen molar-refractivity contribution >= 4 is 17.5 Å². The van der Waals surface area contributed by atoms with Crippen LogP contribution in [0.4, 0.5) is 10.1 Å². The number of pyridine rings is 1. The smallest absolute Gasteiger partial charge is 0.260 e. The van der Waals surface area contributed by atoms with E-state index >= 15 is 0 Å². The molecule has 3 aromatic rings. The van der Waals surface area contributed by atoms with E-state index in [1.54, 1.807) is 35.4 Å². The number of halogens is 1. The molecule has 2 amide bonds. The molecule has 1 aromatic heterocycles. The second kappa shape index (κ2) is 7.60. The summed E-state index contributed by atoms with van der Waals surface area (Å²) in [5, 5.41) is 2.80. The van der Waals surface area contributed by atoms with Gasteiger partial charge in [0.1, 0.15) is 5.82 Å². The molecule has 0 saturated heterocycles. The quantitative estimate of drug-likeness (QED) is 0.741. The van der Waals surface area contributed by atoms with E-state index in [9.17, 15) is 14.0 Å². The van der Waals surface area contributed by atoms with Crippen molar-refractivity contribution in [2.75, 3.05) is 4.90 Å². The highest BCUT2D eigenvalue weighted by atomic mass is 19.1. The van der Waals surface area contributed by atoms with Crippen molar-refractivity contribution in [1.82, 2.24) is 10.3 Å². The molecule has 5 nitrogen and oxygen atoms in total. The number of fused-ring (bicyclic) bond motifs is 1. The average molecular weight is 375 g/mol. The Bertz CT molecular complexity index is 1020. The lowest BCUT2D eigenvalue weighted by Gasteiger charge is -2.24. The number of aromatic nitrogens is 1. The highest BCUT2D eigenvalue weighted by Gasteiger charge is 2.39. The molecule has 0 unspecified atom stereocenters. The second-order valence-electron chi connectivity index (χ2n) is 6.57. The predicted octanol–water partition coefficient (Wildman–Crippen LogP) is 3.63. The van der Waals surface area contributed by atoms with Crippen molar-refractivity contribution in [3.05, 3.63) is 95.6 Å². The summed E-state index contributed by atoms with van der Waals surface area (Å²) >= 11 is 0. The van der Waals surface area contributed by atoms with Crippen LogP contribution in [-0.2, 0) is 11.3 Å². The van der Waals surface area contributed by atoms with Gasteiger partial charge in [-0.05, 0) is 42.0 Å². The van der Waals surface area contributed by atoms with Crippen molar-refractivity contribution in [2.45, 2.75) is 19.0 Å². The SMILES string of the molecule is O=C(C[C@@H]1c2ncccc2C(=O)N1c1ccccc1)NCc1cccc(F)c1. The predicted molar refractivity (Wildman–Crippen MR) is 103 cm³/mol. The Balaban J connectivity index is 1.55. The minimum atomic E-state index is -0.487. The van der Waals surface area contributed by atoms with Gasteiger partial charge in [-0.15, -0.1) is 0 Å². The summed E-state index contributed by atoms with van der Waals surface area (Å²) in [5.41, 5.74) is 2.49. The topological polar surface area (TPSA) is 62.3 Å². The third-order valence-corrected chi connectivity index (χ3v) is 4.71. The molecule has 0 fully saturated rings. The van der Waals surface area contributed by atoms with Crippen LogP contribution in [0.3, 0.4) is 0 Å². The molecule has 1 aliphatic heterocycles. The molecule has 140 valence electrons. The van der Waals surface area contributed by atoms with Gasteiger partial charge in [0, 0.05) is 18.4 Å². The summed E-state index contributed by atoms with van der Waals surface area (Å²) in [4.78, 5) is 31.5. The van der Waals surface area contributed by atoms with Crippen LogP contribution in [-0.4, -0.2) is 16.8 Å². The molecule has 4 rings (SSSR count). The molecule has 1 N–H and O–H groups in total. The van der Waals surface area contributed by atoms with E-state index in [-0.39, 0.29) is 30.6 Å². The summed E-state index contributed by atoms with van der Waals surface area (Å²) in [6, 6.07) is 18.3. The zero-order chi connectivity index (χ0) is 19.5. The number of carbonyl (C=O) groups is 2. The standard InChI is InChI=1S/C22H18FN3O2/c23-16-7-4-6-15(12-16)14-25-20(27)13-19-21-18(10-5-11-24-21)22(28)26(19)17-8-2-1-3-9-17/h1-12,19H,13-14H2,(H,25,27)/t19-/m1/s1. The Morgan fingerprint density at radius 2 is 1.89 bits per heavy atom. The van der Waals surface area contributed by atoms with Crippen LogP contribution in [0, 0.1) is 5.82 Å². The van der Waals surface area contributed by atoms with Gasteiger partial charge in [0.05, 0.1) is 23.7 Å². The molecule has 0 bridgehead atoms. The molecule has 2 aromatic carbocycles. The van der Waals surface area contributed by atoms with Crippen LogP contribution >= 0.6 is 0 Å². The van der Waals surface area contributed by atoms with Crippen molar-refractivity contribution < 1.29 is 14.0 Å². The van der Waals surface area contributed by atoms with Gasteiger partial charge in [0.25, 0.3) is 5.91 Å². The summed E-state index contributed by atoms with van der Waals surface area (Å²) in [6.45, 7) is 0.220. The lowest BCUT2D eigenvalue weighted by atomic mass is 10.1. The number of rotatable bonds is 5. The Morgan fingerprint density at radius 1 is 1.07 bits per heavy atom. The molecule has 6 heteroatoms. The number of nitrogens with one attached hydrogen (secondary N) is 1. The first kappa shape index (κ1) is 17.9. The van der Waals surface area contributed by atoms with E-state index in [1.165, 1.54) is 12.1 Å². The van der Waals surface area contributed by atoms with Gasteiger partial charge in [-0.1, -0.05) is 30.3 Å². The van der Waals surface area contributed by atoms with E-state index < -0.39 is 6.04 Å². The Kier molecular flexibility index (Phi) is 4.85. The molecule has 0 radical (unpaired) electrons. The van der Waals surface area contributed by atoms with Crippen LogP contribution in [0.15, 0.2) is 72.9 Å². The molecule has 28 heavy (non-hydrogen) atoms. The minimum absolute atomic E-state index is 0.0694. The maximum Gasteiger partial charge on any atom is 0.260 e.